The van der Waals surface area contributed by atoms with Gasteiger partial charge in [0.15, 0.2) is 23.7 Å². The van der Waals surface area contributed by atoms with Crippen LogP contribution in [0.25, 0.3) is 0 Å². The maximum absolute atomic E-state index is 13.0. The first kappa shape index (κ1) is 31.8. The second-order valence-electron chi connectivity index (χ2n) is 9.16. The van der Waals surface area contributed by atoms with Crippen molar-refractivity contribution >= 4 is 35.6 Å². The van der Waals surface area contributed by atoms with Crippen LogP contribution in [0.5, 0.6) is 5.75 Å². The minimum Gasteiger partial charge on any atom is -0.475 e. The van der Waals surface area contributed by atoms with Crippen LogP contribution in [0.1, 0.15) is 44.4 Å². The topological polar surface area (TPSA) is 114 Å². The van der Waals surface area contributed by atoms with Crippen molar-refractivity contribution in [2.24, 2.45) is 0 Å². The van der Waals surface area contributed by atoms with E-state index in [1.54, 1.807) is 24.3 Å². The van der Waals surface area contributed by atoms with E-state index < -0.39 is 64.6 Å². The van der Waals surface area contributed by atoms with Gasteiger partial charge in [-0.2, -0.15) is 13.2 Å². The quantitative estimate of drug-likeness (QED) is 0.303. The lowest BCUT2D eigenvalue weighted by Crippen LogP contribution is -2.59. The Kier molecular flexibility index (Phi) is 10.7. The first-order valence-corrected chi connectivity index (χ1v) is 13.4. The molecule has 1 saturated heterocycles. The smallest absolute Gasteiger partial charge is 0.416 e. The Morgan fingerprint density at radius 2 is 1.32 bits per heavy atom. The zero-order valence-electron chi connectivity index (χ0n) is 22.6. The molecule has 1 aliphatic heterocycles. The van der Waals surface area contributed by atoms with Crippen LogP contribution < -0.4 is 4.74 Å². The third-order valence-corrected chi connectivity index (χ3v) is 7.23. The van der Waals surface area contributed by atoms with Gasteiger partial charge in [0.25, 0.3) is 0 Å². The molecule has 0 aliphatic carbocycles. The third-order valence-electron chi connectivity index (χ3n) is 5.84. The number of alkyl halides is 3. The molecule has 5 atom stereocenters. The molecule has 2 aromatic rings. The van der Waals surface area contributed by atoms with Gasteiger partial charge in [0.2, 0.25) is 0 Å². The van der Waals surface area contributed by atoms with Crippen molar-refractivity contribution in [1.82, 2.24) is 0 Å². The number of hydrogen-bond donors (Lipinski definition) is 0. The summed E-state index contributed by atoms with van der Waals surface area (Å²) in [5, 5.41) is -0.786. The number of ether oxygens (including phenoxy) is 5. The standard InChI is InChI=1S/C28H29F3O9S/c1-15(32)36-14-23-24(37-16(2)33)25(38-17(3)34)26(39-18(4)35)27(41-23)40-22-8-6-5-7-20(22)13-19-9-11-21(12-10-19)28(29,30)31/h5-12,23-27H,13-14H2,1-4H3/t23-,24-,25+,26-,27-/m1/s1. The Morgan fingerprint density at radius 3 is 1.88 bits per heavy atom. The second kappa shape index (κ2) is 13.7. The molecule has 0 N–H and O–H groups in total. The fourth-order valence-corrected chi connectivity index (χ4v) is 5.59. The van der Waals surface area contributed by atoms with E-state index in [1.807, 2.05) is 0 Å². The highest BCUT2D eigenvalue weighted by Gasteiger charge is 2.53. The molecule has 1 aliphatic rings. The zero-order chi connectivity index (χ0) is 30.3. The van der Waals surface area contributed by atoms with Crippen LogP contribution in [0.2, 0.25) is 0 Å². The molecule has 0 amide bonds. The summed E-state index contributed by atoms with van der Waals surface area (Å²) < 4.78 is 66.8. The first-order valence-electron chi connectivity index (χ1n) is 12.5. The molecule has 1 fully saturated rings. The number of thioether (sulfide) groups is 1. The number of para-hydroxylation sites is 1. The minimum atomic E-state index is -4.46. The maximum atomic E-state index is 13.0. The molecule has 41 heavy (non-hydrogen) atoms. The van der Waals surface area contributed by atoms with Crippen LogP contribution in [-0.2, 0) is 50.7 Å². The van der Waals surface area contributed by atoms with Crippen LogP contribution in [0.15, 0.2) is 48.5 Å². The summed E-state index contributed by atoms with van der Waals surface area (Å²) in [6, 6.07) is 11.5. The maximum Gasteiger partial charge on any atom is 0.416 e. The van der Waals surface area contributed by atoms with E-state index in [2.05, 4.69) is 0 Å². The Morgan fingerprint density at radius 1 is 0.756 bits per heavy atom. The van der Waals surface area contributed by atoms with Gasteiger partial charge in [-0.25, -0.2) is 0 Å². The van der Waals surface area contributed by atoms with Crippen LogP contribution >= 0.6 is 11.8 Å². The fraction of sp³-hybridized carbons (Fsp3) is 0.429. The van der Waals surface area contributed by atoms with E-state index in [0.717, 1.165) is 44.7 Å². The first-order chi connectivity index (χ1) is 19.2. The minimum absolute atomic E-state index is 0.213. The summed E-state index contributed by atoms with van der Waals surface area (Å²) in [6.45, 7) is 4.39. The summed E-state index contributed by atoms with van der Waals surface area (Å²) in [7, 11) is 0. The van der Waals surface area contributed by atoms with Crippen LogP contribution in [0, 0.1) is 0 Å². The molecule has 0 spiro atoms. The third kappa shape index (κ3) is 9.13. The molecule has 0 bridgehead atoms. The Balaban J connectivity index is 1.97. The normalized spacial score (nSPS) is 22.3. The van der Waals surface area contributed by atoms with E-state index >= 15 is 0 Å². The summed E-state index contributed by atoms with van der Waals surface area (Å²) in [5.74, 6) is -2.45. The molecule has 2 aromatic carbocycles. The molecule has 222 valence electrons. The number of halogens is 3. The molecule has 0 unspecified atom stereocenters. The number of carbonyl (C=O) groups is 4. The zero-order valence-corrected chi connectivity index (χ0v) is 23.5. The highest BCUT2D eigenvalue weighted by atomic mass is 32.2. The highest BCUT2D eigenvalue weighted by molar-refractivity contribution is 8.00. The molecule has 3 rings (SSSR count). The monoisotopic (exact) mass is 598 g/mol. The van der Waals surface area contributed by atoms with E-state index in [9.17, 15) is 32.3 Å². The van der Waals surface area contributed by atoms with Gasteiger partial charge in [-0.15, -0.1) is 11.8 Å². The van der Waals surface area contributed by atoms with E-state index in [4.69, 9.17) is 23.7 Å². The Labute approximate surface area is 238 Å². The summed E-state index contributed by atoms with van der Waals surface area (Å²) in [6.07, 6.45) is -7.97. The van der Waals surface area contributed by atoms with Crippen molar-refractivity contribution in [3.8, 4) is 5.75 Å². The highest BCUT2D eigenvalue weighted by Crippen LogP contribution is 2.40. The van der Waals surface area contributed by atoms with Crippen molar-refractivity contribution in [2.45, 2.75) is 69.3 Å². The second-order valence-corrected chi connectivity index (χ2v) is 10.5. The molecular formula is C28H29F3O9S. The Bertz CT molecular complexity index is 1250. The predicted molar refractivity (Wildman–Crippen MR) is 140 cm³/mol. The van der Waals surface area contributed by atoms with Crippen LogP contribution in [0.3, 0.4) is 0 Å². The number of hydrogen-bond acceptors (Lipinski definition) is 10. The lowest BCUT2D eigenvalue weighted by atomic mass is 10.0. The van der Waals surface area contributed by atoms with Gasteiger partial charge in [0.1, 0.15) is 12.4 Å². The summed E-state index contributed by atoms with van der Waals surface area (Å²) in [5.41, 5.74) is -0.616. The molecule has 0 saturated carbocycles. The lowest BCUT2D eigenvalue weighted by Gasteiger charge is -2.43. The van der Waals surface area contributed by atoms with Crippen molar-refractivity contribution in [3.05, 3.63) is 65.2 Å². The van der Waals surface area contributed by atoms with Gasteiger partial charge in [0, 0.05) is 34.1 Å². The van der Waals surface area contributed by atoms with Gasteiger partial charge in [0.05, 0.1) is 10.8 Å². The predicted octanol–water partition coefficient (Wildman–Crippen LogP) is 4.47. The molecule has 9 nitrogen and oxygen atoms in total. The number of carbonyl (C=O) groups excluding carboxylic acids is 4. The van der Waals surface area contributed by atoms with Gasteiger partial charge in [-0.1, -0.05) is 30.3 Å². The SMILES string of the molecule is CC(=O)OC[C@H]1S[C@@H](Oc2ccccc2Cc2ccc(C(F)(F)F)cc2)[C@H](OC(C)=O)[C@@H](OC(C)=O)[C@@H]1OC(C)=O. The van der Waals surface area contributed by atoms with Crippen LogP contribution in [0.4, 0.5) is 13.2 Å². The van der Waals surface area contributed by atoms with Crippen molar-refractivity contribution in [2.75, 3.05) is 6.61 Å². The van der Waals surface area contributed by atoms with Gasteiger partial charge >= 0.3 is 30.1 Å². The molecular weight excluding hydrogens is 569 g/mol. The summed E-state index contributed by atoms with van der Waals surface area (Å²) in [4.78, 5) is 47.6. The van der Waals surface area contributed by atoms with E-state index in [-0.39, 0.29) is 13.0 Å². The fourth-order valence-electron chi connectivity index (χ4n) is 4.21. The molecule has 13 heteroatoms. The average Bonchev–Trinajstić information content (AvgIpc) is 2.86. The molecule has 0 radical (unpaired) electrons. The van der Waals surface area contributed by atoms with Crippen molar-refractivity contribution in [3.63, 3.8) is 0 Å². The molecule has 1 heterocycles. The van der Waals surface area contributed by atoms with Gasteiger partial charge in [-0.05, 0) is 29.3 Å². The Hall–Kier alpha value is -3.74. The van der Waals surface area contributed by atoms with Crippen molar-refractivity contribution in [1.29, 1.82) is 0 Å². The lowest BCUT2D eigenvalue weighted by molar-refractivity contribution is -0.190. The largest absolute Gasteiger partial charge is 0.475 e. The summed E-state index contributed by atoms with van der Waals surface area (Å²) >= 11 is 1.05. The van der Waals surface area contributed by atoms with Crippen LogP contribution in [-0.4, -0.2) is 59.5 Å². The van der Waals surface area contributed by atoms with Crippen molar-refractivity contribution < 1.29 is 56.0 Å². The van der Waals surface area contributed by atoms with E-state index in [0.29, 0.717) is 16.9 Å². The number of rotatable bonds is 9. The average molecular weight is 599 g/mol. The number of benzene rings is 2. The van der Waals surface area contributed by atoms with Gasteiger partial charge < -0.3 is 23.7 Å². The number of esters is 4. The van der Waals surface area contributed by atoms with Gasteiger partial charge in [-0.3, -0.25) is 19.2 Å². The van der Waals surface area contributed by atoms with E-state index in [1.165, 1.54) is 19.1 Å². The molecule has 0 aromatic heterocycles.